The fraction of sp³-hybridized carbons (Fsp3) is 0.143. The molecule has 0 radical (unpaired) electrons. The second-order valence-corrected chi connectivity index (χ2v) is 8.05. The molecule has 0 amide bonds. The summed E-state index contributed by atoms with van der Waals surface area (Å²) in [5.41, 5.74) is 2.62. The number of hydrogen-bond donors (Lipinski definition) is 2. The second kappa shape index (κ2) is 8.33. The number of nitrogens with one attached hydrogen (secondary N) is 2. The fourth-order valence-electron chi connectivity index (χ4n) is 2.68. The fourth-order valence-corrected chi connectivity index (χ4v) is 3.72. The molecule has 0 saturated heterocycles. The Morgan fingerprint density at radius 1 is 0.889 bits per heavy atom. The summed E-state index contributed by atoms with van der Waals surface area (Å²) in [6.45, 7) is 2.02. The lowest BCUT2D eigenvalue weighted by Gasteiger charge is -2.21. The van der Waals surface area contributed by atoms with Crippen molar-refractivity contribution in [3.05, 3.63) is 95.8 Å². The molecule has 0 fully saturated rings. The smallest absolute Gasteiger partial charge is 0.240 e. The number of hydrogen-bond acceptors (Lipinski definition) is 3. The Morgan fingerprint density at radius 3 is 2.15 bits per heavy atom. The first-order valence-corrected chi connectivity index (χ1v) is 10.1. The Morgan fingerprint density at radius 2 is 1.52 bits per heavy atom. The van der Waals surface area contributed by atoms with Gasteiger partial charge >= 0.3 is 0 Å². The first-order chi connectivity index (χ1) is 12.9. The van der Waals surface area contributed by atoms with Gasteiger partial charge in [0.15, 0.2) is 0 Å². The number of benzene rings is 3. The highest BCUT2D eigenvalue weighted by atomic mass is 32.2. The van der Waals surface area contributed by atoms with Gasteiger partial charge in [-0.3, -0.25) is 0 Å². The third-order valence-corrected chi connectivity index (χ3v) is 5.64. The quantitative estimate of drug-likeness (QED) is 0.640. The van der Waals surface area contributed by atoms with E-state index in [1.165, 1.54) is 12.1 Å². The second-order valence-electron chi connectivity index (χ2n) is 6.28. The molecule has 3 rings (SSSR count). The maximum atomic E-state index is 13.3. The van der Waals surface area contributed by atoms with Crippen molar-refractivity contribution in [2.75, 3.05) is 11.9 Å². The Kier molecular flexibility index (Phi) is 5.88. The Hall–Kier alpha value is -2.70. The zero-order valence-electron chi connectivity index (χ0n) is 14.9. The molecule has 0 aromatic heterocycles. The highest BCUT2D eigenvalue weighted by molar-refractivity contribution is 7.89. The zero-order chi connectivity index (χ0) is 19.3. The topological polar surface area (TPSA) is 58.2 Å². The number of sulfonamides is 1. The van der Waals surface area contributed by atoms with Crippen LogP contribution in [0.15, 0.2) is 83.8 Å². The first-order valence-electron chi connectivity index (χ1n) is 8.57. The Bertz CT molecular complexity index is 973. The van der Waals surface area contributed by atoms with Crippen LogP contribution in [0.2, 0.25) is 0 Å². The summed E-state index contributed by atoms with van der Waals surface area (Å²) in [5.74, 6) is -0.336. The van der Waals surface area contributed by atoms with Gasteiger partial charge in [0.1, 0.15) is 5.82 Å². The minimum Gasteiger partial charge on any atom is -0.377 e. The van der Waals surface area contributed by atoms with Gasteiger partial charge in [0.25, 0.3) is 0 Å². The van der Waals surface area contributed by atoms with E-state index in [1.54, 1.807) is 36.4 Å². The molecule has 3 aromatic rings. The van der Waals surface area contributed by atoms with Gasteiger partial charge in [-0.05, 0) is 48.9 Å². The molecule has 2 N–H and O–H groups in total. The number of rotatable bonds is 7. The highest BCUT2D eigenvalue weighted by Crippen LogP contribution is 2.20. The van der Waals surface area contributed by atoms with E-state index in [9.17, 15) is 12.8 Å². The van der Waals surface area contributed by atoms with Crippen LogP contribution in [-0.4, -0.2) is 15.0 Å². The Labute approximate surface area is 159 Å². The van der Waals surface area contributed by atoms with Gasteiger partial charge in [-0.1, -0.05) is 48.0 Å². The molecule has 27 heavy (non-hydrogen) atoms. The largest absolute Gasteiger partial charge is 0.377 e. The lowest BCUT2D eigenvalue weighted by Crippen LogP contribution is -2.31. The van der Waals surface area contributed by atoms with E-state index in [0.29, 0.717) is 0 Å². The van der Waals surface area contributed by atoms with E-state index in [-0.39, 0.29) is 23.3 Å². The zero-order valence-corrected chi connectivity index (χ0v) is 15.7. The summed E-state index contributed by atoms with van der Waals surface area (Å²) < 4.78 is 41.1. The third kappa shape index (κ3) is 5.15. The molecule has 0 spiro atoms. The van der Waals surface area contributed by atoms with E-state index in [1.807, 2.05) is 37.3 Å². The third-order valence-electron chi connectivity index (χ3n) is 4.20. The monoisotopic (exact) mass is 384 g/mol. The van der Waals surface area contributed by atoms with E-state index < -0.39 is 10.0 Å². The van der Waals surface area contributed by atoms with Gasteiger partial charge in [-0.25, -0.2) is 17.5 Å². The standard InChI is InChI=1S/C21H21FN2O2S/c1-16-7-13-20(14-8-16)27(25,26)23-15-21(17-9-11-18(22)12-10-17)24-19-5-3-2-4-6-19/h2-14,21,23-24H,15H2,1H3. The predicted octanol–water partition coefficient (Wildman–Crippen LogP) is 4.27. The molecule has 140 valence electrons. The minimum atomic E-state index is -3.64. The van der Waals surface area contributed by atoms with E-state index >= 15 is 0 Å². The molecule has 4 nitrogen and oxygen atoms in total. The maximum absolute atomic E-state index is 13.3. The van der Waals surface area contributed by atoms with Gasteiger partial charge in [-0.2, -0.15) is 0 Å². The average molecular weight is 384 g/mol. The van der Waals surface area contributed by atoms with Crippen molar-refractivity contribution in [3.8, 4) is 0 Å². The summed E-state index contributed by atoms with van der Waals surface area (Å²) >= 11 is 0. The molecule has 0 saturated carbocycles. The van der Waals surface area contributed by atoms with Crippen molar-refractivity contribution in [2.24, 2.45) is 0 Å². The number of halogens is 1. The van der Waals surface area contributed by atoms with Crippen molar-refractivity contribution in [3.63, 3.8) is 0 Å². The van der Waals surface area contributed by atoms with Crippen LogP contribution < -0.4 is 10.0 Å². The van der Waals surface area contributed by atoms with Gasteiger partial charge in [0, 0.05) is 12.2 Å². The summed E-state index contributed by atoms with van der Waals surface area (Å²) in [5, 5.41) is 3.30. The first kappa shape index (κ1) is 19.1. The summed E-state index contributed by atoms with van der Waals surface area (Å²) in [6.07, 6.45) is 0. The molecule has 0 bridgehead atoms. The molecule has 6 heteroatoms. The Balaban J connectivity index is 1.80. The van der Waals surface area contributed by atoms with Gasteiger partial charge in [0.05, 0.1) is 10.9 Å². The van der Waals surface area contributed by atoms with Crippen molar-refractivity contribution >= 4 is 15.7 Å². The molecule has 0 aliphatic heterocycles. The lowest BCUT2D eigenvalue weighted by molar-refractivity contribution is 0.575. The van der Waals surface area contributed by atoms with Gasteiger partial charge < -0.3 is 5.32 Å². The van der Waals surface area contributed by atoms with Crippen LogP contribution in [0.25, 0.3) is 0 Å². The molecular formula is C21H21FN2O2S. The molecule has 0 aliphatic carbocycles. The van der Waals surface area contributed by atoms with Crippen molar-refractivity contribution < 1.29 is 12.8 Å². The summed E-state index contributed by atoms with van der Waals surface area (Å²) in [6, 6.07) is 21.8. The lowest BCUT2D eigenvalue weighted by atomic mass is 10.1. The van der Waals surface area contributed by atoms with E-state index in [0.717, 1.165) is 16.8 Å². The van der Waals surface area contributed by atoms with E-state index in [2.05, 4.69) is 10.0 Å². The molecular weight excluding hydrogens is 363 g/mol. The minimum absolute atomic E-state index is 0.122. The van der Waals surface area contributed by atoms with Crippen molar-refractivity contribution in [1.29, 1.82) is 0 Å². The van der Waals surface area contributed by atoms with Crippen LogP contribution in [0.5, 0.6) is 0 Å². The van der Waals surface area contributed by atoms with Crippen LogP contribution >= 0.6 is 0 Å². The molecule has 1 unspecified atom stereocenters. The maximum Gasteiger partial charge on any atom is 0.240 e. The number of anilines is 1. The van der Waals surface area contributed by atoms with Crippen molar-refractivity contribution in [2.45, 2.75) is 17.9 Å². The molecule has 0 heterocycles. The van der Waals surface area contributed by atoms with E-state index in [4.69, 9.17) is 0 Å². The predicted molar refractivity (Wildman–Crippen MR) is 106 cm³/mol. The average Bonchev–Trinajstić information content (AvgIpc) is 2.67. The van der Waals surface area contributed by atoms with Crippen LogP contribution in [0.1, 0.15) is 17.2 Å². The van der Waals surface area contributed by atoms with Crippen LogP contribution in [-0.2, 0) is 10.0 Å². The summed E-state index contributed by atoms with van der Waals surface area (Å²) in [4.78, 5) is 0.214. The summed E-state index contributed by atoms with van der Waals surface area (Å²) in [7, 11) is -3.64. The van der Waals surface area contributed by atoms with Gasteiger partial charge in [0.2, 0.25) is 10.0 Å². The molecule has 3 aromatic carbocycles. The van der Waals surface area contributed by atoms with Crippen molar-refractivity contribution in [1.82, 2.24) is 4.72 Å². The van der Waals surface area contributed by atoms with Crippen LogP contribution in [0, 0.1) is 12.7 Å². The number of aryl methyl sites for hydroxylation is 1. The van der Waals surface area contributed by atoms with Gasteiger partial charge in [-0.15, -0.1) is 0 Å². The SMILES string of the molecule is Cc1ccc(S(=O)(=O)NCC(Nc2ccccc2)c2ccc(F)cc2)cc1. The highest BCUT2D eigenvalue weighted by Gasteiger charge is 2.18. The number of para-hydroxylation sites is 1. The molecule has 0 aliphatic rings. The normalized spacial score (nSPS) is 12.5. The van der Waals surface area contributed by atoms with Crippen LogP contribution in [0.4, 0.5) is 10.1 Å². The van der Waals surface area contributed by atoms with Crippen LogP contribution in [0.3, 0.4) is 0 Å². The molecule has 1 atom stereocenters.